The van der Waals surface area contributed by atoms with Crippen molar-refractivity contribution < 1.29 is 47.5 Å². The third kappa shape index (κ3) is 6.54. The number of carbonyl (C=O) groups excluding carboxylic acids is 3. The molecular weight excluding hydrogens is 624 g/mol. The number of hydrogen-bond donors (Lipinski definition) is 3. The number of H-pyrrole nitrogens is 1. The molecule has 3 aliphatic rings. The van der Waals surface area contributed by atoms with Gasteiger partial charge >= 0.3 is 18.0 Å². The average molecular weight is 669 g/mol. The van der Waals surface area contributed by atoms with Gasteiger partial charge in [0.2, 0.25) is 5.75 Å². The number of methoxy groups -OCH3 is 6. The van der Waals surface area contributed by atoms with Gasteiger partial charge in [-0.25, -0.2) is 9.59 Å². The van der Waals surface area contributed by atoms with Gasteiger partial charge < -0.3 is 49.6 Å². The topological polar surface area (TPSA) is 187 Å². The number of fused-ring (bicyclic) bond motifs is 6. The Bertz CT molecular complexity index is 1630. The monoisotopic (exact) mass is 668 g/mol. The summed E-state index contributed by atoms with van der Waals surface area (Å²) in [7, 11) is 9.10. The fraction of sp³-hybridized carbons (Fsp3) is 0.500. The van der Waals surface area contributed by atoms with Crippen molar-refractivity contribution in [2.45, 2.75) is 37.5 Å². The summed E-state index contributed by atoms with van der Waals surface area (Å²) >= 11 is 0. The van der Waals surface area contributed by atoms with E-state index in [9.17, 15) is 9.59 Å². The Kier molecular flexibility index (Phi) is 10.5. The fourth-order valence-corrected chi connectivity index (χ4v) is 7.76. The first-order valence-electron chi connectivity index (χ1n) is 15.7. The maximum atomic E-state index is 13.5. The van der Waals surface area contributed by atoms with E-state index in [1.807, 2.05) is 12.1 Å². The minimum Gasteiger partial charge on any atom is -0.497 e. The Morgan fingerprint density at radius 2 is 1.58 bits per heavy atom. The van der Waals surface area contributed by atoms with E-state index in [1.165, 1.54) is 45.1 Å². The van der Waals surface area contributed by atoms with Crippen molar-refractivity contribution in [2.24, 2.45) is 29.2 Å². The number of benzene rings is 2. The van der Waals surface area contributed by atoms with Gasteiger partial charge in [-0.1, -0.05) is 0 Å². The highest BCUT2D eigenvalue weighted by Crippen LogP contribution is 2.51. The lowest BCUT2D eigenvalue weighted by Gasteiger charge is -2.52. The summed E-state index contributed by atoms with van der Waals surface area (Å²) < 4.78 is 39.1. The quantitative estimate of drug-likeness (QED) is 0.299. The van der Waals surface area contributed by atoms with E-state index in [4.69, 9.17) is 38.0 Å². The number of aromatic nitrogens is 1. The molecule has 0 bridgehead atoms. The van der Waals surface area contributed by atoms with Gasteiger partial charge in [0.1, 0.15) is 18.0 Å². The van der Waals surface area contributed by atoms with Crippen LogP contribution in [0.4, 0.5) is 4.79 Å². The van der Waals surface area contributed by atoms with E-state index in [2.05, 4.69) is 27.4 Å². The predicted octanol–water partition coefficient (Wildman–Crippen LogP) is 3.19. The van der Waals surface area contributed by atoms with Crippen molar-refractivity contribution in [1.82, 2.24) is 9.88 Å². The van der Waals surface area contributed by atoms with Gasteiger partial charge in [-0.3, -0.25) is 9.69 Å². The number of carbonyl (C=O) groups is 3. The molecule has 3 heterocycles. The van der Waals surface area contributed by atoms with Gasteiger partial charge in [0.15, 0.2) is 11.5 Å². The summed E-state index contributed by atoms with van der Waals surface area (Å²) in [5.41, 5.74) is 12.3. The lowest BCUT2D eigenvalue weighted by molar-refractivity contribution is -0.176. The molecule has 0 spiro atoms. The van der Waals surface area contributed by atoms with Crippen LogP contribution in [-0.4, -0.2) is 95.8 Å². The molecule has 48 heavy (non-hydrogen) atoms. The molecule has 0 radical (unpaired) electrons. The molecule has 5 N–H and O–H groups in total. The summed E-state index contributed by atoms with van der Waals surface area (Å²) in [5.74, 6) is 0.441. The zero-order valence-electron chi connectivity index (χ0n) is 28.1. The number of ether oxygens (including phenoxy) is 7. The van der Waals surface area contributed by atoms with E-state index in [0.29, 0.717) is 23.7 Å². The van der Waals surface area contributed by atoms with Gasteiger partial charge in [0.25, 0.3) is 0 Å². The second-order valence-electron chi connectivity index (χ2n) is 12.1. The molecule has 6 rings (SSSR count). The summed E-state index contributed by atoms with van der Waals surface area (Å²) in [6, 6.07) is 8.56. The maximum Gasteiger partial charge on any atom is 0.338 e. The van der Waals surface area contributed by atoms with E-state index in [0.717, 1.165) is 37.2 Å². The largest absolute Gasteiger partial charge is 0.497 e. The number of primary amides is 2. The third-order valence-corrected chi connectivity index (χ3v) is 9.76. The number of aromatic amines is 1. The van der Waals surface area contributed by atoms with E-state index in [1.54, 1.807) is 26.4 Å². The predicted molar refractivity (Wildman–Crippen MR) is 174 cm³/mol. The number of amides is 2. The molecule has 3 aromatic rings. The summed E-state index contributed by atoms with van der Waals surface area (Å²) in [6.45, 7) is 1.68. The fourth-order valence-electron chi connectivity index (χ4n) is 7.76. The van der Waals surface area contributed by atoms with Crippen molar-refractivity contribution in [3.63, 3.8) is 0 Å². The number of hydrogen-bond acceptors (Lipinski definition) is 11. The molecule has 1 saturated carbocycles. The molecule has 14 heteroatoms. The van der Waals surface area contributed by atoms with Crippen molar-refractivity contribution in [2.75, 3.05) is 55.7 Å². The highest BCUT2D eigenvalue weighted by molar-refractivity contribution is 5.91. The highest BCUT2D eigenvalue weighted by Gasteiger charge is 2.54. The van der Waals surface area contributed by atoms with Crippen LogP contribution in [0, 0.1) is 17.8 Å². The van der Waals surface area contributed by atoms with Crippen LogP contribution in [-0.2, 0) is 25.4 Å². The average Bonchev–Trinajstić information content (AvgIpc) is 3.47. The number of nitrogens with zero attached hydrogens (tertiary/aromatic N) is 1. The van der Waals surface area contributed by atoms with E-state index in [-0.39, 0.29) is 29.4 Å². The van der Waals surface area contributed by atoms with Gasteiger partial charge in [0, 0.05) is 42.9 Å². The Morgan fingerprint density at radius 1 is 0.896 bits per heavy atom. The second-order valence-corrected chi connectivity index (χ2v) is 12.1. The molecule has 2 amide bonds. The summed E-state index contributed by atoms with van der Waals surface area (Å²) in [4.78, 5) is 42.1. The maximum absolute atomic E-state index is 13.5. The molecule has 0 unspecified atom stereocenters. The molecule has 1 saturated heterocycles. The number of rotatable bonds is 8. The lowest BCUT2D eigenvalue weighted by Crippen LogP contribution is -2.58. The molecule has 2 aromatic carbocycles. The normalized spacial score (nSPS) is 24.5. The molecule has 260 valence electrons. The number of esters is 2. The van der Waals surface area contributed by atoms with Crippen LogP contribution < -0.4 is 30.4 Å². The van der Waals surface area contributed by atoms with Crippen molar-refractivity contribution in [3.05, 3.63) is 47.2 Å². The summed E-state index contributed by atoms with van der Waals surface area (Å²) in [5, 5.41) is 1.21. The van der Waals surface area contributed by atoms with Crippen molar-refractivity contribution in [3.8, 4) is 23.0 Å². The Hall–Kier alpha value is -4.69. The molecule has 2 fully saturated rings. The first-order valence-corrected chi connectivity index (χ1v) is 15.7. The third-order valence-electron chi connectivity index (χ3n) is 9.76. The van der Waals surface area contributed by atoms with Gasteiger partial charge in [0.05, 0.1) is 53.1 Å². The minimum absolute atomic E-state index is 0.0170. The van der Waals surface area contributed by atoms with Crippen LogP contribution in [0.15, 0.2) is 30.3 Å². The lowest BCUT2D eigenvalue weighted by atomic mass is 9.63. The smallest absolute Gasteiger partial charge is 0.338 e. The first-order chi connectivity index (χ1) is 23.1. The summed E-state index contributed by atoms with van der Waals surface area (Å²) in [6.07, 6.45) is 0.920. The SMILES string of the molecule is COC(=O)[C@H]1[C@H]2C[C@@H]3c4[nH]c5cc(OC)ccc5c4CCN3C[C@H]2C[C@@H](OC(=O)c2cc(OC)c(OC)c(OC)c2)[C@@H]1OC.NC(N)=O. The second kappa shape index (κ2) is 14.6. The highest BCUT2D eigenvalue weighted by atomic mass is 16.6. The van der Waals surface area contributed by atoms with Crippen molar-refractivity contribution in [1.29, 1.82) is 0 Å². The molecule has 2 aliphatic heterocycles. The van der Waals surface area contributed by atoms with E-state index >= 15 is 0 Å². The Morgan fingerprint density at radius 3 is 2.17 bits per heavy atom. The minimum atomic E-state index is -0.833. The molecule has 14 nitrogen and oxygen atoms in total. The van der Waals surface area contributed by atoms with Crippen LogP contribution >= 0.6 is 0 Å². The zero-order valence-corrected chi connectivity index (χ0v) is 28.1. The van der Waals surface area contributed by atoms with Gasteiger partial charge in [-0.2, -0.15) is 0 Å². The van der Waals surface area contributed by atoms with E-state index < -0.39 is 30.1 Å². The standard InChI is InChI=1S/C33H40N2O9.CH4N2O/c1-38-19-7-8-20-21-9-10-35-16-18-13-27(44-32(36)17-11-25(39-2)30(41-4)26(12-17)40-3)31(42-5)28(33(37)43-6)22(18)15-24(35)29(21)34-23(20)14-19;2-1(3)4/h7-8,11-12,14,18,22,24,27-28,31,34H,9-10,13,15-16H2,1-6H3;(H4,2,3,4)/t18-,22+,24-,27-,28+,31+;/m1./s1. The Labute approximate surface area is 278 Å². The molecular formula is C34H44N4O10. The molecule has 1 aliphatic carbocycles. The van der Waals surface area contributed by atoms with Gasteiger partial charge in [-0.15, -0.1) is 0 Å². The number of nitrogens with two attached hydrogens (primary N) is 2. The molecule has 6 atom stereocenters. The van der Waals surface area contributed by atoms with Crippen molar-refractivity contribution >= 4 is 28.9 Å². The van der Waals surface area contributed by atoms with Gasteiger partial charge in [-0.05, 0) is 60.9 Å². The number of urea groups is 1. The number of piperidine rings is 1. The van der Waals surface area contributed by atoms with Crippen LogP contribution in [0.25, 0.3) is 10.9 Å². The number of nitrogens with one attached hydrogen (secondary N) is 1. The van der Waals surface area contributed by atoms with Crippen LogP contribution in [0.2, 0.25) is 0 Å². The van der Waals surface area contributed by atoms with Crippen LogP contribution in [0.3, 0.4) is 0 Å². The molecule has 1 aromatic heterocycles. The van der Waals surface area contributed by atoms with Crippen LogP contribution in [0.5, 0.6) is 23.0 Å². The first kappa shape index (κ1) is 34.6. The zero-order chi connectivity index (χ0) is 34.7. The Balaban J connectivity index is 0.00000107. The van der Waals surface area contributed by atoms with Crippen LogP contribution in [0.1, 0.15) is 40.5 Å².